The van der Waals surface area contributed by atoms with Crippen LogP contribution in [-0.2, 0) is 0 Å². The summed E-state index contributed by atoms with van der Waals surface area (Å²) in [6.07, 6.45) is 2.92. The molecule has 0 heterocycles. The summed E-state index contributed by atoms with van der Waals surface area (Å²) in [4.78, 5) is 13.2. The Hall–Kier alpha value is -1.00. The maximum Gasteiger partial charge on any atom is 0.251 e. The average molecular weight is 266 g/mol. The monoisotopic (exact) mass is 266 g/mol. The van der Waals surface area contributed by atoms with Gasteiger partial charge in [-0.2, -0.15) is 0 Å². The predicted molar refractivity (Wildman–Crippen MR) is 78.0 cm³/mol. The Morgan fingerprint density at radius 3 is 2.39 bits per heavy atom. The van der Waals surface area contributed by atoms with Crippen molar-refractivity contribution in [1.29, 1.82) is 0 Å². The molecule has 0 bridgehead atoms. The van der Waals surface area contributed by atoms with E-state index in [-0.39, 0.29) is 11.9 Å². The normalized spacial score (nSPS) is 12.5. The van der Waals surface area contributed by atoms with Gasteiger partial charge >= 0.3 is 0 Å². The average Bonchev–Trinajstić information content (AvgIpc) is 2.37. The molecule has 1 unspecified atom stereocenters. The zero-order chi connectivity index (χ0) is 13.5. The lowest BCUT2D eigenvalue weighted by Gasteiger charge is -2.18. The van der Waals surface area contributed by atoms with E-state index in [0.717, 1.165) is 11.3 Å². The molecule has 0 saturated heterocycles. The number of amides is 1. The fraction of sp³-hybridized carbons (Fsp3) is 0.500. The lowest BCUT2D eigenvalue weighted by atomic mass is 10.0. The number of rotatable bonds is 6. The van der Waals surface area contributed by atoms with Crippen molar-refractivity contribution in [1.82, 2.24) is 5.32 Å². The molecule has 1 aromatic rings. The van der Waals surface area contributed by atoms with Gasteiger partial charge in [0, 0.05) is 23.0 Å². The first kappa shape index (κ1) is 15.1. The van der Waals surface area contributed by atoms with Gasteiger partial charge in [-0.25, -0.2) is 0 Å². The molecule has 1 aromatic carbocycles. The van der Waals surface area contributed by atoms with Gasteiger partial charge in [-0.15, -0.1) is 11.8 Å². The van der Waals surface area contributed by atoms with Crippen LogP contribution in [0.2, 0.25) is 0 Å². The van der Waals surface area contributed by atoms with Crippen LogP contribution in [0.4, 0.5) is 0 Å². The van der Waals surface area contributed by atoms with E-state index in [9.17, 15) is 4.79 Å². The highest BCUT2D eigenvalue weighted by atomic mass is 32.2. The van der Waals surface area contributed by atoms with Crippen molar-refractivity contribution in [3.05, 3.63) is 29.8 Å². The van der Waals surface area contributed by atoms with Gasteiger partial charge < -0.3 is 11.1 Å². The second kappa shape index (κ2) is 7.44. The van der Waals surface area contributed by atoms with E-state index < -0.39 is 0 Å². The van der Waals surface area contributed by atoms with Crippen LogP contribution in [0.5, 0.6) is 0 Å². The Morgan fingerprint density at radius 1 is 1.33 bits per heavy atom. The Kier molecular flexibility index (Phi) is 6.22. The van der Waals surface area contributed by atoms with E-state index in [1.54, 1.807) is 11.8 Å². The second-order valence-corrected chi connectivity index (χ2v) is 5.64. The minimum absolute atomic E-state index is 0.0428. The molecular formula is C14H22N2OS. The van der Waals surface area contributed by atoms with Crippen LogP contribution in [0.15, 0.2) is 29.2 Å². The lowest BCUT2D eigenvalue weighted by Crippen LogP contribution is -2.41. The molecule has 3 N–H and O–H groups in total. The van der Waals surface area contributed by atoms with E-state index in [1.807, 2.05) is 30.5 Å². The number of thioether (sulfide) groups is 1. The van der Waals surface area contributed by atoms with Crippen LogP contribution >= 0.6 is 11.8 Å². The van der Waals surface area contributed by atoms with E-state index in [0.29, 0.717) is 18.0 Å². The molecule has 0 spiro atoms. The van der Waals surface area contributed by atoms with Gasteiger partial charge in [-0.3, -0.25) is 4.79 Å². The van der Waals surface area contributed by atoms with Gasteiger partial charge in [-0.1, -0.05) is 13.8 Å². The zero-order valence-electron chi connectivity index (χ0n) is 11.3. The Balaban J connectivity index is 2.62. The van der Waals surface area contributed by atoms with Crippen molar-refractivity contribution in [2.75, 3.05) is 12.8 Å². The molecule has 3 nitrogen and oxygen atoms in total. The van der Waals surface area contributed by atoms with Crippen LogP contribution in [-0.4, -0.2) is 24.7 Å². The smallest absolute Gasteiger partial charge is 0.251 e. The second-order valence-electron chi connectivity index (χ2n) is 4.76. The highest BCUT2D eigenvalue weighted by Crippen LogP contribution is 2.15. The minimum atomic E-state index is -0.0428. The minimum Gasteiger partial charge on any atom is -0.348 e. The van der Waals surface area contributed by atoms with Crippen molar-refractivity contribution < 1.29 is 4.79 Å². The maximum absolute atomic E-state index is 12.0. The van der Waals surface area contributed by atoms with Gasteiger partial charge in [0.15, 0.2) is 0 Å². The van der Waals surface area contributed by atoms with Crippen LogP contribution in [0.3, 0.4) is 0 Å². The highest BCUT2D eigenvalue weighted by Gasteiger charge is 2.13. The molecule has 1 atom stereocenters. The van der Waals surface area contributed by atoms with Crippen molar-refractivity contribution in [2.45, 2.75) is 31.2 Å². The summed E-state index contributed by atoms with van der Waals surface area (Å²) in [7, 11) is 0. The Bertz CT molecular complexity index is 376. The zero-order valence-corrected chi connectivity index (χ0v) is 12.1. The molecular weight excluding hydrogens is 244 g/mol. The third-order valence-electron chi connectivity index (χ3n) is 2.73. The number of hydrogen-bond donors (Lipinski definition) is 2. The van der Waals surface area contributed by atoms with Crippen LogP contribution < -0.4 is 11.1 Å². The first-order chi connectivity index (χ1) is 8.56. The van der Waals surface area contributed by atoms with Crippen molar-refractivity contribution in [3.63, 3.8) is 0 Å². The van der Waals surface area contributed by atoms with Gasteiger partial charge in [-0.05, 0) is 42.9 Å². The number of benzene rings is 1. The molecule has 100 valence electrons. The molecule has 1 rings (SSSR count). The molecule has 0 aromatic heterocycles. The van der Waals surface area contributed by atoms with Gasteiger partial charge in [0.25, 0.3) is 5.91 Å². The Labute approximate surface area is 114 Å². The summed E-state index contributed by atoms with van der Waals surface area (Å²) in [5, 5.41) is 2.98. The van der Waals surface area contributed by atoms with Crippen LogP contribution in [0.1, 0.15) is 30.6 Å². The largest absolute Gasteiger partial charge is 0.348 e. The van der Waals surface area contributed by atoms with Crippen LogP contribution in [0, 0.1) is 5.92 Å². The third-order valence-corrected chi connectivity index (χ3v) is 3.47. The SMILES string of the molecule is CSc1ccc(C(=O)NC(CN)CC(C)C)cc1. The molecule has 4 heteroatoms. The molecule has 0 saturated carbocycles. The van der Waals surface area contributed by atoms with Crippen LogP contribution in [0.25, 0.3) is 0 Å². The summed E-state index contributed by atoms with van der Waals surface area (Å²) in [5.74, 6) is 0.483. The number of nitrogens with two attached hydrogens (primary N) is 1. The van der Waals surface area contributed by atoms with E-state index in [4.69, 9.17) is 5.73 Å². The van der Waals surface area contributed by atoms with Crippen molar-refractivity contribution in [2.24, 2.45) is 11.7 Å². The predicted octanol–water partition coefficient (Wildman–Crippen LogP) is 2.51. The summed E-state index contributed by atoms with van der Waals surface area (Å²) in [6, 6.07) is 7.67. The summed E-state index contributed by atoms with van der Waals surface area (Å²) in [5.41, 5.74) is 6.36. The third kappa shape index (κ3) is 4.70. The quantitative estimate of drug-likeness (QED) is 0.778. The van der Waals surface area contributed by atoms with E-state index in [1.165, 1.54) is 0 Å². The standard InChI is InChI=1S/C14H22N2OS/c1-10(2)8-12(9-15)16-14(17)11-4-6-13(18-3)7-5-11/h4-7,10,12H,8-9,15H2,1-3H3,(H,16,17). The number of carbonyl (C=O) groups is 1. The highest BCUT2D eigenvalue weighted by molar-refractivity contribution is 7.98. The molecule has 18 heavy (non-hydrogen) atoms. The maximum atomic E-state index is 12.0. The van der Waals surface area contributed by atoms with Crippen molar-refractivity contribution >= 4 is 17.7 Å². The van der Waals surface area contributed by atoms with Gasteiger partial charge in [0.2, 0.25) is 0 Å². The first-order valence-electron chi connectivity index (χ1n) is 6.21. The fourth-order valence-electron chi connectivity index (χ4n) is 1.79. The van der Waals surface area contributed by atoms with Gasteiger partial charge in [0.1, 0.15) is 0 Å². The number of nitrogens with one attached hydrogen (secondary N) is 1. The molecule has 0 aliphatic rings. The fourth-order valence-corrected chi connectivity index (χ4v) is 2.20. The van der Waals surface area contributed by atoms with E-state index >= 15 is 0 Å². The van der Waals surface area contributed by atoms with Gasteiger partial charge in [0.05, 0.1) is 0 Å². The summed E-state index contributed by atoms with van der Waals surface area (Å²) >= 11 is 1.66. The molecule has 0 aliphatic carbocycles. The molecule has 1 amide bonds. The lowest BCUT2D eigenvalue weighted by molar-refractivity contribution is 0.0933. The first-order valence-corrected chi connectivity index (χ1v) is 7.44. The summed E-state index contributed by atoms with van der Waals surface area (Å²) < 4.78 is 0. The molecule has 0 radical (unpaired) electrons. The Morgan fingerprint density at radius 2 is 1.94 bits per heavy atom. The van der Waals surface area contributed by atoms with Crippen molar-refractivity contribution in [3.8, 4) is 0 Å². The molecule has 0 fully saturated rings. The number of carbonyl (C=O) groups excluding carboxylic acids is 1. The molecule has 0 aliphatic heterocycles. The number of hydrogen-bond acceptors (Lipinski definition) is 3. The topological polar surface area (TPSA) is 55.1 Å². The summed E-state index contributed by atoms with van der Waals surface area (Å²) in [6.45, 7) is 4.73. The van der Waals surface area contributed by atoms with E-state index in [2.05, 4.69) is 19.2 Å².